The van der Waals surface area contributed by atoms with Gasteiger partial charge in [0.05, 0.1) is 12.7 Å². The number of aryl methyl sites for hydroxylation is 1. The Hall–Kier alpha value is -2.22. The molecule has 0 fully saturated rings. The number of amidine groups is 1. The van der Waals surface area contributed by atoms with Crippen LogP contribution in [0.3, 0.4) is 0 Å². The van der Waals surface area contributed by atoms with Crippen LogP contribution in [0.15, 0.2) is 28.5 Å². The van der Waals surface area contributed by atoms with Gasteiger partial charge in [-0.05, 0) is 24.6 Å². The summed E-state index contributed by atoms with van der Waals surface area (Å²) in [6, 6.07) is 5.52. The first-order valence-corrected chi connectivity index (χ1v) is 6.79. The minimum Gasteiger partial charge on any atom is -0.496 e. The monoisotopic (exact) mass is 293 g/mol. The highest BCUT2D eigenvalue weighted by Crippen LogP contribution is 2.24. The van der Waals surface area contributed by atoms with E-state index in [-0.39, 0.29) is 5.84 Å². The number of aromatic nitrogens is 3. The molecule has 0 aliphatic heterocycles. The van der Waals surface area contributed by atoms with Crippen LogP contribution in [0, 0.1) is 6.92 Å². The van der Waals surface area contributed by atoms with Crippen molar-refractivity contribution < 1.29 is 9.94 Å². The molecule has 0 amide bonds. The van der Waals surface area contributed by atoms with Crippen LogP contribution in [0.4, 0.5) is 0 Å². The van der Waals surface area contributed by atoms with E-state index < -0.39 is 0 Å². The van der Waals surface area contributed by atoms with Crippen molar-refractivity contribution in [3.63, 3.8) is 0 Å². The standard InChI is InChI=1S/C12H15N5O2S/c1-7-14-12(16-15-7)20-6-8-3-4-10(19-2)9(5-8)11(13)17-18/h3-5,18H,6H2,1-2H3,(H2,13,17)(H,14,15,16). The van der Waals surface area contributed by atoms with E-state index >= 15 is 0 Å². The number of hydrogen-bond donors (Lipinski definition) is 3. The zero-order valence-electron chi connectivity index (χ0n) is 11.1. The third-order valence-corrected chi connectivity index (χ3v) is 3.51. The molecule has 0 aliphatic carbocycles. The fraction of sp³-hybridized carbons (Fsp3) is 0.250. The van der Waals surface area contributed by atoms with Crippen molar-refractivity contribution in [1.82, 2.24) is 15.2 Å². The number of H-pyrrole nitrogens is 1. The first kappa shape index (κ1) is 14.2. The molecule has 1 heterocycles. The van der Waals surface area contributed by atoms with Gasteiger partial charge in [0.15, 0.2) is 5.84 Å². The van der Waals surface area contributed by atoms with E-state index in [0.29, 0.717) is 22.2 Å². The van der Waals surface area contributed by atoms with Gasteiger partial charge < -0.3 is 15.7 Å². The summed E-state index contributed by atoms with van der Waals surface area (Å²) in [5, 5.41) is 19.3. The maximum Gasteiger partial charge on any atom is 0.208 e. The highest BCUT2D eigenvalue weighted by molar-refractivity contribution is 7.98. The maximum absolute atomic E-state index is 8.79. The van der Waals surface area contributed by atoms with E-state index in [4.69, 9.17) is 15.7 Å². The van der Waals surface area contributed by atoms with Crippen LogP contribution in [-0.4, -0.2) is 33.3 Å². The molecule has 2 aromatic rings. The zero-order valence-corrected chi connectivity index (χ0v) is 11.9. The van der Waals surface area contributed by atoms with E-state index in [0.717, 1.165) is 11.4 Å². The quantitative estimate of drug-likeness (QED) is 0.253. The van der Waals surface area contributed by atoms with Gasteiger partial charge in [0.2, 0.25) is 5.16 Å². The van der Waals surface area contributed by atoms with E-state index in [1.54, 1.807) is 6.07 Å². The highest BCUT2D eigenvalue weighted by Gasteiger charge is 2.10. The molecule has 7 nitrogen and oxygen atoms in total. The number of benzene rings is 1. The normalized spacial score (nSPS) is 11.6. The molecule has 2 rings (SSSR count). The molecule has 0 spiro atoms. The summed E-state index contributed by atoms with van der Waals surface area (Å²) in [4.78, 5) is 4.22. The number of aromatic amines is 1. The van der Waals surface area contributed by atoms with Crippen molar-refractivity contribution in [2.45, 2.75) is 17.8 Å². The van der Waals surface area contributed by atoms with Crippen LogP contribution < -0.4 is 10.5 Å². The molecule has 106 valence electrons. The van der Waals surface area contributed by atoms with Gasteiger partial charge in [-0.3, -0.25) is 5.10 Å². The lowest BCUT2D eigenvalue weighted by molar-refractivity contribution is 0.318. The lowest BCUT2D eigenvalue weighted by Crippen LogP contribution is -2.14. The van der Waals surface area contributed by atoms with Crippen molar-refractivity contribution in [1.29, 1.82) is 0 Å². The Labute approximate surface area is 120 Å². The molecule has 0 aliphatic rings. The molecule has 1 aromatic heterocycles. The van der Waals surface area contributed by atoms with Crippen LogP contribution in [0.1, 0.15) is 17.0 Å². The summed E-state index contributed by atoms with van der Waals surface area (Å²) < 4.78 is 5.18. The Bertz CT molecular complexity index is 626. The summed E-state index contributed by atoms with van der Waals surface area (Å²) >= 11 is 1.50. The second kappa shape index (κ2) is 6.29. The third kappa shape index (κ3) is 3.21. The molecule has 0 radical (unpaired) electrons. The number of methoxy groups -OCH3 is 1. The lowest BCUT2D eigenvalue weighted by atomic mass is 10.1. The Balaban J connectivity index is 2.16. The van der Waals surface area contributed by atoms with E-state index in [1.807, 2.05) is 19.1 Å². The smallest absolute Gasteiger partial charge is 0.208 e. The fourth-order valence-electron chi connectivity index (χ4n) is 1.63. The maximum atomic E-state index is 8.79. The molecule has 4 N–H and O–H groups in total. The van der Waals surface area contributed by atoms with Crippen molar-refractivity contribution in [2.75, 3.05) is 7.11 Å². The van der Waals surface area contributed by atoms with Gasteiger partial charge in [-0.2, -0.15) is 0 Å². The van der Waals surface area contributed by atoms with Gasteiger partial charge in [-0.15, -0.1) is 5.10 Å². The Kier molecular flexibility index (Phi) is 4.46. The minimum atomic E-state index is 0.0161. The number of ether oxygens (including phenoxy) is 1. The number of thioether (sulfide) groups is 1. The molecule has 0 atom stereocenters. The van der Waals surface area contributed by atoms with E-state index in [1.165, 1.54) is 18.9 Å². The number of rotatable bonds is 5. The van der Waals surface area contributed by atoms with Gasteiger partial charge in [-0.25, -0.2) is 4.98 Å². The Morgan fingerprint density at radius 3 is 2.95 bits per heavy atom. The fourth-order valence-corrected chi connectivity index (χ4v) is 2.42. The van der Waals surface area contributed by atoms with Gasteiger partial charge in [0.1, 0.15) is 11.6 Å². The first-order chi connectivity index (χ1) is 9.63. The van der Waals surface area contributed by atoms with Crippen molar-refractivity contribution in [3.05, 3.63) is 35.2 Å². The second-order valence-electron chi connectivity index (χ2n) is 4.01. The summed E-state index contributed by atoms with van der Waals surface area (Å²) in [5.41, 5.74) is 7.19. The number of nitrogens with zero attached hydrogens (tertiary/aromatic N) is 3. The average Bonchev–Trinajstić information content (AvgIpc) is 2.89. The van der Waals surface area contributed by atoms with E-state index in [2.05, 4.69) is 20.3 Å². The first-order valence-electron chi connectivity index (χ1n) is 5.80. The molecule has 20 heavy (non-hydrogen) atoms. The predicted molar refractivity (Wildman–Crippen MR) is 76.2 cm³/mol. The SMILES string of the molecule is COc1ccc(CSc2n[nH]c(C)n2)cc1C(N)=NO. The number of oxime groups is 1. The lowest BCUT2D eigenvalue weighted by Gasteiger charge is -2.09. The highest BCUT2D eigenvalue weighted by atomic mass is 32.2. The zero-order chi connectivity index (χ0) is 14.5. The van der Waals surface area contributed by atoms with Crippen molar-refractivity contribution >= 4 is 17.6 Å². The molecular weight excluding hydrogens is 278 g/mol. The Morgan fingerprint density at radius 2 is 2.35 bits per heavy atom. The van der Waals surface area contributed by atoms with Gasteiger partial charge in [-0.1, -0.05) is 23.0 Å². The molecule has 0 saturated carbocycles. The number of nitrogens with one attached hydrogen (secondary N) is 1. The molecule has 0 bridgehead atoms. The number of nitrogens with two attached hydrogens (primary N) is 1. The second-order valence-corrected chi connectivity index (χ2v) is 4.95. The van der Waals surface area contributed by atoms with Gasteiger partial charge in [0.25, 0.3) is 0 Å². The Morgan fingerprint density at radius 1 is 1.55 bits per heavy atom. The van der Waals surface area contributed by atoms with Crippen LogP contribution in [-0.2, 0) is 5.75 Å². The van der Waals surface area contributed by atoms with Crippen molar-refractivity contribution in [3.8, 4) is 5.75 Å². The van der Waals surface area contributed by atoms with Gasteiger partial charge in [0, 0.05) is 5.75 Å². The summed E-state index contributed by atoms with van der Waals surface area (Å²) in [5.74, 6) is 2.03. The summed E-state index contributed by atoms with van der Waals surface area (Å²) in [6.07, 6.45) is 0. The molecule has 8 heteroatoms. The van der Waals surface area contributed by atoms with Crippen LogP contribution in [0.25, 0.3) is 0 Å². The largest absolute Gasteiger partial charge is 0.496 e. The summed E-state index contributed by atoms with van der Waals surface area (Å²) in [7, 11) is 1.54. The molecule has 0 saturated heterocycles. The average molecular weight is 293 g/mol. The topological polar surface area (TPSA) is 109 Å². The van der Waals surface area contributed by atoms with E-state index in [9.17, 15) is 0 Å². The predicted octanol–water partition coefficient (Wildman–Crippen LogP) is 1.51. The molecule has 1 aromatic carbocycles. The third-order valence-electron chi connectivity index (χ3n) is 2.59. The molecule has 0 unspecified atom stereocenters. The minimum absolute atomic E-state index is 0.0161. The van der Waals surface area contributed by atoms with Gasteiger partial charge >= 0.3 is 0 Å². The van der Waals surface area contributed by atoms with Crippen LogP contribution in [0.2, 0.25) is 0 Å². The van der Waals surface area contributed by atoms with Crippen molar-refractivity contribution in [2.24, 2.45) is 10.9 Å². The number of hydrogen-bond acceptors (Lipinski definition) is 6. The summed E-state index contributed by atoms with van der Waals surface area (Å²) in [6.45, 7) is 1.85. The van der Waals surface area contributed by atoms with Crippen LogP contribution >= 0.6 is 11.8 Å². The molecular formula is C12H15N5O2S. The van der Waals surface area contributed by atoms with Crippen LogP contribution in [0.5, 0.6) is 5.75 Å².